The Hall–Kier alpha value is -2.57. The number of rotatable bonds is 3. The fraction of sp³-hybridized carbons (Fsp3) is 0.500. The average Bonchev–Trinajstić information content (AvgIpc) is 2.68. The molecule has 25 heavy (non-hydrogen) atoms. The molecule has 134 valence electrons. The van der Waals surface area contributed by atoms with Gasteiger partial charge in [0.05, 0.1) is 6.54 Å². The first-order chi connectivity index (χ1) is 11.9. The van der Waals surface area contributed by atoms with Crippen LogP contribution in [0.3, 0.4) is 0 Å². The van der Waals surface area contributed by atoms with E-state index in [4.69, 9.17) is 5.73 Å². The molecule has 2 heterocycles. The second kappa shape index (κ2) is 6.74. The van der Waals surface area contributed by atoms with Crippen LogP contribution >= 0.6 is 0 Å². The molecule has 1 saturated heterocycles. The number of nitrogens with zero attached hydrogens (tertiary/aromatic N) is 2. The fourth-order valence-electron chi connectivity index (χ4n) is 3.46. The maximum atomic E-state index is 13.1. The van der Waals surface area contributed by atoms with E-state index in [2.05, 4.69) is 5.32 Å². The smallest absolute Gasteiger partial charge is 0.321 e. The lowest BCUT2D eigenvalue weighted by Crippen LogP contribution is -2.63. The molecule has 0 radical (unpaired) electrons. The normalized spacial score (nSPS) is 23.8. The summed E-state index contributed by atoms with van der Waals surface area (Å²) in [4.78, 5) is 40.5. The summed E-state index contributed by atoms with van der Waals surface area (Å²) >= 11 is 0. The van der Waals surface area contributed by atoms with Crippen molar-refractivity contribution >= 4 is 23.5 Å². The highest BCUT2D eigenvalue weighted by molar-refractivity contribution is 5.99. The van der Waals surface area contributed by atoms with Gasteiger partial charge in [0, 0.05) is 12.2 Å². The third kappa shape index (κ3) is 3.06. The number of amides is 4. The summed E-state index contributed by atoms with van der Waals surface area (Å²) in [5, 5.41) is 2.94. The Balaban J connectivity index is 1.95. The molecule has 0 bridgehead atoms. The molecular formula is C18H24N4O3. The molecule has 7 heteroatoms. The van der Waals surface area contributed by atoms with Gasteiger partial charge in [-0.1, -0.05) is 38.5 Å². The summed E-state index contributed by atoms with van der Waals surface area (Å²) < 4.78 is 0. The minimum Gasteiger partial charge on any atom is -0.368 e. The first-order valence-corrected chi connectivity index (χ1v) is 8.69. The van der Waals surface area contributed by atoms with E-state index in [1.807, 2.05) is 38.1 Å². The van der Waals surface area contributed by atoms with E-state index >= 15 is 0 Å². The fourth-order valence-corrected chi connectivity index (χ4v) is 3.46. The molecular weight excluding hydrogens is 320 g/mol. The van der Waals surface area contributed by atoms with Crippen LogP contribution in [-0.2, 0) is 16.1 Å². The summed E-state index contributed by atoms with van der Waals surface area (Å²) in [7, 11) is 0. The summed E-state index contributed by atoms with van der Waals surface area (Å²) in [6.07, 6.45) is 1.34. The van der Waals surface area contributed by atoms with E-state index < -0.39 is 18.0 Å². The molecule has 1 aromatic carbocycles. The van der Waals surface area contributed by atoms with Crippen LogP contribution in [0.5, 0.6) is 0 Å². The Morgan fingerprint density at radius 1 is 1.32 bits per heavy atom. The zero-order chi connectivity index (χ0) is 18.1. The van der Waals surface area contributed by atoms with E-state index in [-0.39, 0.29) is 17.9 Å². The van der Waals surface area contributed by atoms with Crippen molar-refractivity contribution in [3.63, 3.8) is 0 Å². The lowest BCUT2D eigenvalue weighted by molar-refractivity contribution is -0.126. The van der Waals surface area contributed by atoms with Gasteiger partial charge in [-0.3, -0.25) is 9.59 Å². The number of fused-ring (bicyclic) bond motifs is 1. The molecule has 1 aromatic rings. The minimum atomic E-state index is -0.584. The highest BCUT2D eigenvalue weighted by Gasteiger charge is 2.43. The maximum Gasteiger partial charge on any atom is 0.321 e. The number of nitrogens with one attached hydrogen (secondary N) is 1. The largest absolute Gasteiger partial charge is 0.368 e. The Morgan fingerprint density at radius 3 is 2.64 bits per heavy atom. The van der Waals surface area contributed by atoms with Crippen LogP contribution in [0.2, 0.25) is 0 Å². The second-order valence-electron chi connectivity index (χ2n) is 6.79. The van der Waals surface area contributed by atoms with Gasteiger partial charge in [-0.05, 0) is 24.0 Å². The van der Waals surface area contributed by atoms with Crippen molar-refractivity contribution in [2.24, 2.45) is 11.7 Å². The van der Waals surface area contributed by atoms with Crippen molar-refractivity contribution in [2.75, 3.05) is 11.9 Å². The van der Waals surface area contributed by atoms with E-state index in [9.17, 15) is 14.4 Å². The van der Waals surface area contributed by atoms with Crippen molar-refractivity contribution in [3.05, 3.63) is 29.8 Å². The van der Waals surface area contributed by atoms with Gasteiger partial charge >= 0.3 is 6.03 Å². The molecule has 3 N–H and O–H groups in total. The Bertz CT molecular complexity index is 705. The minimum absolute atomic E-state index is 0.00781. The number of para-hydroxylation sites is 1. The van der Waals surface area contributed by atoms with Crippen LogP contribution in [0.25, 0.3) is 0 Å². The zero-order valence-electron chi connectivity index (χ0n) is 14.6. The molecule has 1 fully saturated rings. The summed E-state index contributed by atoms with van der Waals surface area (Å²) in [5.41, 5.74) is 6.99. The van der Waals surface area contributed by atoms with Gasteiger partial charge in [0.25, 0.3) is 0 Å². The van der Waals surface area contributed by atoms with E-state index in [1.165, 1.54) is 4.90 Å². The number of benzene rings is 1. The number of primary amides is 1. The molecule has 3 rings (SSSR count). The first kappa shape index (κ1) is 17.3. The van der Waals surface area contributed by atoms with Crippen LogP contribution in [0.1, 0.15) is 32.3 Å². The molecule has 3 unspecified atom stereocenters. The number of hydrogen-bond acceptors (Lipinski definition) is 3. The van der Waals surface area contributed by atoms with Crippen molar-refractivity contribution in [2.45, 2.75) is 45.3 Å². The third-order valence-corrected chi connectivity index (χ3v) is 5.24. The first-order valence-electron chi connectivity index (χ1n) is 8.69. The molecule has 0 aliphatic carbocycles. The monoisotopic (exact) mass is 344 g/mol. The molecule has 4 amide bonds. The van der Waals surface area contributed by atoms with Crippen molar-refractivity contribution in [1.82, 2.24) is 9.80 Å². The average molecular weight is 344 g/mol. The number of urea groups is 1. The molecule has 0 saturated carbocycles. The Labute approximate surface area is 147 Å². The van der Waals surface area contributed by atoms with Crippen LogP contribution in [0, 0.1) is 5.92 Å². The predicted molar refractivity (Wildman–Crippen MR) is 93.6 cm³/mol. The number of likely N-dealkylation sites (tertiary alicyclic amines) is 1. The van der Waals surface area contributed by atoms with Gasteiger partial charge in [0.15, 0.2) is 0 Å². The second-order valence-corrected chi connectivity index (χ2v) is 6.79. The molecule has 0 spiro atoms. The third-order valence-electron chi connectivity index (χ3n) is 5.24. The lowest BCUT2D eigenvalue weighted by atomic mass is 9.96. The Morgan fingerprint density at radius 2 is 2.04 bits per heavy atom. The van der Waals surface area contributed by atoms with Crippen LogP contribution in [-0.4, -0.2) is 46.3 Å². The van der Waals surface area contributed by atoms with E-state index in [0.29, 0.717) is 19.5 Å². The van der Waals surface area contributed by atoms with E-state index in [1.54, 1.807) is 4.90 Å². The summed E-state index contributed by atoms with van der Waals surface area (Å²) in [5.74, 6) is -0.699. The zero-order valence-corrected chi connectivity index (χ0v) is 14.6. The van der Waals surface area contributed by atoms with Gasteiger partial charge in [0.1, 0.15) is 12.1 Å². The molecule has 2 aliphatic heterocycles. The van der Waals surface area contributed by atoms with Gasteiger partial charge in [-0.2, -0.15) is 0 Å². The standard InChI is InChI=1S/C18H24N4O3/c1-3-11(2)15-17(24)20-13-7-5-4-6-12(13)10-22(15)18(25)21-9-8-14(21)16(19)23/h4-7,11,14-15H,3,8-10H2,1-2H3,(H2,19,23)(H,20,24). The van der Waals surface area contributed by atoms with Crippen molar-refractivity contribution in [1.29, 1.82) is 0 Å². The maximum absolute atomic E-state index is 13.1. The predicted octanol–water partition coefficient (Wildman–Crippen LogP) is 1.53. The highest BCUT2D eigenvalue weighted by Crippen LogP contribution is 2.30. The number of nitrogens with two attached hydrogens (primary N) is 1. The number of anilines is 1. The lowest BCUT2D eigenvalue weighted by Gasteiger charge is -2.43. The number of carbonyl (C=O) groups is 3. The van der Waals surface area contributed by atoms with Crippen LogP contribution in [0.4, 0.5) is 10.5 Å². The summed E-state index contributed by atoms with van der Waals surface area (Å²) in [6, 6.07) is 6.01. The van der Waals surface area contributed by atoms with Gasteiger partial charge < -0.3 is 20.9 Å². The van der Waals surface area contributed by atoms with Crippen molar-refractivity contribution < 1.29 is 14.4 Å². The van der Waals surface area contributed by atoms with Gasteiger partial charge in [-0.15, -0.1) is 0 Å². The topological polar surface area (TPSA) is 95.7 Å². The van der Waals surface area contributed by atoms with Crippen molar-refractivity contribution in [3.8, 4) is 0 Å². The SMILES string of the molecule is CCC(C)C1C(=O)Nc2ccccc2CN1C(=O)N1CCC1C(N)=O. The molecule has 3 atom stereocenters. The summed E-state index contributed by atoms with van der Waals surface area (Å²) in [6.45, 7) is 4.76. The van der Waals surface area contributed by atoms with Gasteiger partial charge in [0.2, 0.25) is 11.8 Å². The van der Waals surface area contributed by atoms with Gasteiger partial charge in [-0.25, -0.2) is 4.79 Å². The molecule has 0 aromatic heterocycles. The highest BCUT2D eigenvalue weighted by atomic mass is 16.2. The molecule has 2 aliphatic rings. The number of carbonyl (C=O) groups excluding carboxylic acids is 3. The van der Waals surface area contributed by atoms with Crippen LogP contribution < -0.4 is 11.1 Å². The molecule has 7 nitrogen and oxygen atoms in total. The Kier molecular flexibility index (Phi) is 4.65. The van der Waals surface area contributed by atoms with Crippen LogP contribution in [0.15, 0.2) is 24.3 Å². The van der Waals surface area contributed by atoms with E-state index in [0.717, 1.165) is 17.7 Å². The number of hydrogen-bond donors (Lipinski definition) is 2. The quantitative estimate of drug-likeness (QED) is 0.870.